The second kappa shape index (κ2) is 8.92. The fourth-order valence-corrected chi connectivity index (χ4v) is 7.25. The van der Waals surface area contributed by atoms with Gasteiger partial charge in [0.2, 0.25) is 0 Å². The highest BCUT2D eigenvalue weighted by Gasteiger charge is 2.44. The van der Waals surface area contributed by atoms with Crippen LogP contribution >= 0.6 is 23.6 Å². The number of likely N-dealkylation sites (tertiary alicyclic amines) is 1. The van der Waals surface area contributed by atoms with Crippen molar-refractivity contribution in [3.05, 3.63) is 46.1 Å². The predicted molar refractivity (Wildman–Crippen MR) is 142 cm³/mol. The highest BCUT2D eigenvalue weighted by Crippen LogP contribution is 2.43. The third-order valence-corrected chi connectivity index (χ3v) is 8.90. The number of thiocarbonyl (C=S) groups is 1. The Bertz CT molecular complexity index is 1340. The van der Waals surface area contributed by atoms with Crippen LogP contribution in [0, 0.1) is 5.41 Å². The van der Waals surface area contributed by atoms with Crippen molar-refractivity contribution in [2.45, 2.75) is 51.7 Å². The minimum atomic E-state index is -4.23. The number of aromatic nitrogens is 2. The van der Waals surface area contributed by atoms with E-state index < -0.39 is 12.6 Å². The van der Waals surface area contributed by atoms with Crippen LogP contribution in [0.5, 0.6) is 0 Å². The molecule has 3 aliphatic rings. The Labute approximate surface area is 217 Å². The first kappa shape index (κ1) is 24.1. The van der Waals surface area contributed by atoms with Gasteiger partial charge in [-0.15, -0.1) is 11.3 Å². The summed E-state index contributed by atoms with van der Waals surface area (Å²) in [5, 5.41) is 4.06. The molecule has 3 aromatic rings. The molecule has 2 aromatic heterocycles. The molecule has 0 aliphatic carbocycles. The quantitative estimate of drug-likeness (QED) is 0.423. The van der Waals surface area contributed by atoms with Crippen molar-refractivity contribution in [2.24, 2.45) is 5.41 Å². The van der Waals surface area contributed by atoms with Gasteiger partial charge in [-0.1, -0.05) is 31.3 Å². The average Bonchev–Trinajstić information content (AvgIpc) is 3.58. The van der Waals surface area contributed by atoms with Gasteiger partial charge in [0.05, 0.1) is 16.8 Å². The number of benzene rings is 1. The summed E-state index contributed by atoms with van der Waals surface area (Å²) in [6.07, 6.45) is -1.48. The molecule has 1 unspecified atom stereocenters. The summed E-state index contributed by atoms with van der Waals surface area (Å²) in [6, 6.07) is 8.26. The largest absolute Gasteiger partial charge is 0.393 e. The second-order valence-electron chi connectivity index (χ2n) is 10.4. The van der Waals surface area contributed by atoms with Crippen LogP contribution in [0.15, 0.2) is 24.3 Å². The number of hydrogen-bond acceptors (Lipinski definition) is 6. The van der Waals surface area contributed by atoms with Gasteiger partial charge in [0, 0.05) is 55.0 Å². The summed E-state index contributed by atoms with van der Waals surface area (Å²) in [6.45, 7) is 6.70. The molecule has 0 amide bonds. The van der Waals surface area contributed by atoms with Crippen molar-refractivity contribution < 1.29 is 13.2 Å². The normalized spacial score (nSPS) is 22.2. The van der Waals surface area contributed by atoms with Crippen molar-refractivity contribution in [3.8, 4) is 0 Å². The van der Waals surface area contributed by atoms with Crippen LogP contribution < -0.4 is 10.2 Å². The summed E-state index contributed by atoms with van der Waals surface area (Å²) >= 11 is 6.46. The standard InChI is InChI=1S/C26H28F3N5S2/c1-2-21-31-23(19-11-18(12-26(27,28)29)36-24(19)32-21)34-8-6-25(15-34)5-7-33(14-25)13-16-3-4-17-10-22(35)30-20(17)9-16/h3-4,9,11H,2,5-8,10,12-15H2,1H3,(H,30,35). The topological polar surface area (TPSA) is 44.3 Å². The first-order chi connectivity index (χ1) is 17.2. The van der Waals surface area contributed by atoms with Gasteiger partial charge in [-0.3, -0.25) is 4.90 Å². The Morgan fingerprint density at radius 3 is 2.78 bits per heavy atom. The summed E-state index contributed by atoms with van der Waals surface area (Å²) in [4.78, 5) is 16.0. The number of hydrogen-bond donors (Lipinski definition) is 1. The predicted octanol–water partition coefficient (Wildman–Crippen LogP) is 5.76. The molecule has 0 saturated carbocycles. The Balaban J connectivity index is 1.19. The summed E-state index contributed by atoms with van der Waals surface area (Å²) in [5.74, 6) is 1.49. The molecular formula is C26H28F3N5S2. The van der Waals surface area contributed by atoms with Crippen LogP contribution in [0.2, 0.25) is 0 Å². The Morgan fingerprint density at radius 1 is 1.14 bits per heavy atom. The molecule has 5 heterocycles. The minimum absolute atomic E-state index is 0.186. The van der Waals surface area contributed by atoms with E-state index >= 15 is 0 Å². The highest BCUT2D eigenvalue weighted by molar-refractivity contribution is 7.80. The van der Waals surface area contributed by atoms with Crippen molar-refractivity contribution in [1.82, 2.24) is 14.9 Å². The molecule has 10 heteroatoms. The molecule has 190 valence electrons. The van der Waals surface area contributed by atoms with Crippen molar-refractivity contribution >= 4 is 50.3 Å². The van der Waals surface area contributed by atoms with E-state index in [0.29, 0.717) is 22.0 Å². The van der Waals surface area contributed by atoms with E-state index in [0.717, 1.165) is 85.2 Å². The third kappa shape index (κ3) is 4.70. The van der Waals surface area contributed by atoms with Gasteiger partial charge < -0.3 is 10.2 Å². The maximum absolute atomic E-state index is 13.0. The number of nitrogens with zero attached hydrogens (tertiary/aromatic N) is 4. The molecule has 0 bridgehead atoms. The number of aryl methyl sites for hydroxylation is 1. The molecule has 1 atom stereocenters. The molecule has 2 fully saturated rings. The molecule has 1 spiro atoms. The van der Waals surface area contributed by atoms with Crippen molar-refractivity contribution in [3.63, 3.8) is 0 Å². The molecule has 1 aromatic carbocycles. The smallest absolute Gasteiger partial charge is 0.355 e. The Morgan fingerprint density at radius 2 is 1.97 bits per heavy atom. The maximum Gasteiger partial charge on any atom is 0.393 e. The number of anilines is 2. The lowest BCUT2D eigenvalue weighted by molar-refractivity contribution is -0.126. The summed E-state index contributed by atoms with van der Waals surface area (Å²) in [5.41, 5.74) is 3.88. The molecule has 5 nitrogen and oxygen atoms in total. The molecule has 2 saturated heterocycles. The molecule has 3 aliphatic heterocycles. The number of halogens is 3. The Hall–Kier alpha value is -2.30. The highest BCUT2D eigenvalue weighted by atomic mass is 32.1. The zero-order valence-electron chi connectivity index (χ0n) is 20.1. The van der Waals surface area contributed by atoms with Gasteiger partial charge in [-0.25, -0.2) is 9.97 Å². The lowest BCUT2D eigenvalue weighted by atomic mass is 9.86. The van der Waals surface area contributed by atoms with Crippen LogP contribution in [0.3, 0.4) is 0 Å². The van der Waals surface area contributed by atoms with Gasteiger partial charge in [0.25, 0.3) is 0 Å². The number of thiophene rings is 1. The van der Waals surface area contributed by atoms with E-state index in [4.69, 9.17) is 17.2 Å². The van der Waals surface area contributed by atoms with Crippen molar-refractivity contribution in [1.29, 1.82) is 0 Å². The van der Waals surface area contributed by atoms with Crippen molar-refractivity contribution in [2.75, 3.05) is 36.4 Å². The maximum atomic E-state index is 13.0. The molecule has 0 radical (unpaired) electrons. The fraction of sp³-hybridized carbons (Fsp3) is 0.500. The summed E-state index contributed by atoms with van der Waals surface area (Å²) in [7, 11) is 0. The third-order valence-electron chi connectivity index (χ3n) is 7.62. The minimum Gasteiger partial charge on any atom is -0.355 e. The first-order valence-corrected chi connectivity index (χ1v) is 13.7. The number of alkyl halides is 3. The van der Waals surface area contributed by atoms with Crippen LogP contribution in [-0.2, 0) is 25.8 Å². The molecule has 36 heavy (non-hydrogen) atoms. The Kier molecular flexibility index (Phi) is 5.96. The van der Waals surface area contributed by atoms with Gasteiger partial charge in [0.1, 0.15) is 16.5 Å². The average molecular weight is 532 g/mol. The lowest BCUT2D eigenvalue weighted by Gasteiger charge is -2.26. The van der Waals surface area contributed by atoms with E-state index in [1.807, 2.05) is 6.92 Å². The van der Waals surface area contributed by atoms with Gasteiger partial charge in [-0.2, -0.15) is 13.2 Å². The molecule has 1 N–H and O–H groups in total. The zero-order chi connectivity index (χ0) is 25.1. The zero-order valence-corrected chi connectivity index (χ0v) is 21.8. The van der Waals surface area contributed by atoms with E-state index in [2.05, 4.69) is 38.3 Å². The van der Waals surface area contributed by atoms with Crippen LogP contribution in [-0.4, -0.2) is 52.2 Å². The second-order valence-corrected chi connectivity index (χ2v) is 12.0. The monoisotopic (exact) mass is 531 g/mol. The summed E-state index contributed by atoms with van der Waals surface area (Å²) < 4.78 is 39.1. The number of rotatable bonds is 5. The van der Waals surface area contributed by atoms with E-state index in [1.165, 1.54) is 11.1 Å². The van der Waals surface area contributed by atoms with Gasteiger partial charge in [-0.05, 0) is 42.6 Å². The SMILES string of the molecule is CCc1nc(N2CCC3(CCN(Cc4ccc5c(c4)NC(=S)C5)C3)C2)c2cc(CC(F)(F)F)sc2n1. The fourth-order valence-electron chi connectivity index (χ4n) is 5.91. The first-order valence-electron chi connectivity index (χ1n) is 12.4. The number of nitrogens with one attached hydrogen (secondary N) is 1. The van der Waals surface area contributed by atoms with Gasteiger partial charge >= 0.3 is 6.18 Å². The van der Waals surface area contributed by atoms with Gasteiger partial charge in [0.15, 0.2) is 0 Å². The van der Waals surface area contributed by atoms with E-state index in [9.17, 15) is 13.2 Å². The van der Waals surface area contributed by atoms with E-state index in [1.54, 1.807) is 6.07 Å². The van der Waals surface area contributed by atoms with Crippen LogP contribution in [0.1, 0.15) is 41.6 Å². The molecule has 6 rings (SSSR count). The van der Waals surface area contributed by atoms with Crippen LogP contribution in [0.4, 0.5) is 24.7 Å². The molecular weight excluding hydrogens is 503 g/mol. The number of fused-ring (bicyclic) bond motifs is 2. The lowest BCUT2D eigenvalue weighted by Crippen LogP contribution is -2.31. The van der Waals surface area contributed by atoms with E-state index in [-0.39, 0.29) is 5.41 Å². The van der Waals surface area contributed by atoms with Crippen LogP contribution in [0.25, 0.3) is 10.2 Å².